The maximum absolute atomic E-state index is 5.97. The molecule has 4 heteroatoms. The van der Waals surface area contributed by atoms with E-state index in [9.17, 15) is 0 Å². The molecule has 21 heavy (non-hydrogen) atoms. The van der Waals surface area contributed by atoms with E-state index >= 15 is 0 Å². The lowest BCUT2D eigenvalue weighted by Gasteiger charge is -2.05. The first-order valence-electron chi connectivity index (χ1n) is 6.93. The second kappa shape index (κ2) is 5.70. The summed E-state index contributed by atoms with van der Waals surface area (Å²) >= 11 is 5.97. The fourth-order valence-corrected chi connectivity index (χ4v) is 2.66. The molecule has 0 aliphatic carbocycles. The third-order valence-electron chi connectivity index (χ3n) is 3.52. The van der Waals surface area contributed by atoms with Crippen molar-refractivity contribution < 1.29 is 4.74 Å². The second-order valence-corrected chi connectivity index (χ2v) is 5.40. The van der Waals surface area contributed by atoms with Gasteiger partial charge in [0.1, 0.15) is 12.4 Å². The van der Waals surface area contributed by atoms with Crippen LogP contribution in [0.4, 0.5) is 5.69 Å². The zero-order chi connectivity index (χ0) is 14.8. The van der Waals surface area contributed by atoms with Crippen LogP contribution in [0.1, 0.15) is 12.5 Å². The number of ether oxygens (including phenoxy) is 1. The molecule has 1 aromatic heterocycles. The largest absolute Gasteiger partial charge is 0.489 e. The Bertz CT molecular complexity index is 780. The van der Waals surface area contributed by atoms with Crippen LogP contribution in [0, 0.1) is 0 Å². The lowest BCUT2D eigenvalue weighted by molar-refractivity contribution is 0.307. The van der Waals surface area contributed by atoms with Crippen LogP contribution in [0.5, 0.6) is 5.75 Å². The normalized spacial score (nSPS) is 11.0. The standard InChI is InChI=1S/C17H17ClN2O/c1-2-20-10-12(16-9-14(19)6-7-17(16)20)11-21-15-5-3-4-13(18)8-15/h3-10H,2,11,19H2,1H3. The summed E-state index contributed by atoms with van der Waals surface area (Å²) < 4.78 is 8.04. The number of aromatic nitrogens is 1. The molecule has 3 rings (SSSR count). The minimum absolute atomic E-state index is 0.493. The summed E-state index contributed by atoms with van der Waals surface area (Å²) in [4.78, 5) is 0. The predicted octanol–water partition coefficient (Wildman–Crippen LogP) is 4.48. The molecule has 2 aromatic carbocycles. The van der Waals surface area contributed by atoms with Gasteiger partial charge in [0, 0.05) is 39.9 Å². The Hall–Kier alpha value is -2.13. The number of nitrogen functional groups attached to an aromatic ring is 1. The molecule has 0 unspecified atom stereocenters. The number of fused-ring (bicyclic) bond motifs is 1. The van der Waals surface area contributed by atoms with Crippen molar-refractivity contribution in [1.29, 1.82) is 0 Å². The van der Waals surface area contributed by atoms with Crippen molar-refractivity contribution in [3.63, 3.8) is 0 Å². The third-order valence-corrected chi connectivity index (χ3v) is 3.75. The van der Waals surface area contributed by atoms with Crippen molar-refractivity contribution in [3.05, 3.63) is 59.2 Å². The zero-order valence-electron chi connectivity index (χ0n) is 11.8. The number of rotatable bonds is 4. The van der Waals surface area contributed by atoms with Crippen molar-refractivity contribution >= 4 is 28.2 Å². The number of nitrogens with zero attached hydrogens (tertiary/aromatic N) is 1. The predicted molar refractivity (Wildman–Crippen MR) is 87.8 cm³/mol. The van der Waals surface area contributed by atoms with Gasteiger partial charge in [-0.25, -0.2) is 0 Å². The molecule has 0 fully saturated rings. The highest BCUT2D eigenvalue weighted by Gasteiger charge is 2.09. The molecule has 0 radical (unpaired) electrons. The van der Waals surface area contributed by atoms with E-state index in [1.807, 2.05) is 36.4 Å². The van der Waals surface area contributed by atoms with E-state index < -0.39 is 0 Å². The summed E-state index contributed by atoms with van der Waals surface area (Å²) in [5.74, 6) is 0.767. The Morgan fingerprint density at radius 3 is 2.81 bits per heavy atom. The highest BCUT2D eigenvalue weighted by Crippen LogP contribution is 2.26. The molecule has 108 valence electrons. The van der Waals surface area contributed by atoms with Crippen LogP contribution >= 0.6 is 11.6 Å². The lowest BCUT2D eigenvalue weighted by atomic mass is 10.1. The van der Waals surface area contributed by atoms with Crippen LogP contribution < -0.4 is 10.5 Å². The molecule has 1 heterocycles. The molecule has 2 N–H and O–H groups in total. The average molecular weight is 301 g/mol. The quantitative estimate of drug-likeness (QED) is 0.722. The molecular formula is C17H17ClN2O. The summed E-state index contributed by atoms with van der Waals surface area (Å²) in [5.41, 5.74) is 8.97. The van der Waals surface area contributed by atoms with Crippen molar-refractivity contribution in [3.8, 4) is 5.75 Å². The van der Waals surface area contributed by atoms with Crippen molar-refractivity contribution in [1.82, 2.24) is 4.57 Å². The van der Waals surface area contributed by atoms with Crippen LogP contribution in [0.2, 0.25) is 5.02 Å². The molecule has 0 spiro atoms. The Morgan fingerprint density at radius 2 is 2.05 bits per heavy atom. The minimum Gasteiger partial charge on any atom is -0.489 e. The molecule has 3 nitrogen and oxygen atoms in total. The Kier molecular flexibility index (Phi) is 3.76. The smallest absolute Gasteiger partial charge is 0.121 e. The number of nitrogens with two attached hydrogens (primary N) is 1. The first-order chi connectivity index (χ1) is 10.2. The van der Waals surface area contributed by atoms with Gasteiger partial charge in [0.2, 0.25) is 0 Å². The molecule has 0 aliphatic heterocycles. The lowest BCUT2D eigenvalue weighted by Crippen LogP contribution is -1.95. The van der Waals surface area contributed by atoms with E-state index in [-0.39, 0.29) is 0 Å². The number of benzene rings is 2. The highest BCUT2D eigenvalue weighted by atomic mass is 35.5. The van der Waals surface area contributed by atoms with Gasteiger partial charge in [-0.3, -0.25) is 0 Å². The Balaban J connectivity index is 1.91. The van der Waals surface area contributed by atoms with Gasteiger partial charge in [-0.15, -0.1) is 0 Å². The second-order valence-electron chi connectivity index (χ2n) is 4.96. The van der Waals surface area contributed by atoms with Gasteiger partial charge >= 0.3 is 0 Å². The monoisotopic (exact) mass is 300 g/mol. The van der Waals surface area contributed by atoms with Crippen molar-refractivity contribution in [2.45, 2.75) is 20.1 Å². The maximum atomic E-state index is 5.97. The van der Waals surface area contributed by atoms with Gasteiger partial charge in [0.15, 0.2) is 0 Å². The van der Waals surface area contributed by atoms with Crippen LogP contribution in [0.15, 0.2) is 48.7 Å². The summed E-state index contributed by atoms with van der Waals surface area (Å²) in [6.45, 7) is 3.53. The summed E-state index contributed by atoms with van der Waals surface area (Å²) in [6, 6.07) is 13.4. The molecule has 0 aliphatic rings. The van der Waals surface area contributed by atoms with Gasteiger partial charge in [-0.05, 0) is 43.3 Å². The summed E-state index contributed by atoms with van der Waals surface area (Å²) in [7, 11) is 0. The molecule has 0 amide bonds. The maximum Gasteiger partial charge on any atom is 0.121 e. The minimum atomic E-state index is 0.493. The number of aryl methyl sites for hydroxylation is 1. The van der Waals surface area contributed by atoms with Crippen molar-refractivity contribution in [2.75, 3.05) is 5.73 Å². The summed E-state index contributed by atoms with van der Waals surface area (Å²) in [6.07, 6.45) is 2.12. The first-order valence-corrected chi connectivity index (χ1v) is 7.31. The van der Waals surface area contributed by atoms with Gasteiger partial charge in [0.25, 0.3) is 0 Å². The average Bonchev–Trinajstić information content (AvgIpc) is 2.82. The van der Waals surface area contributed by atoms with E-state index in [2.05, 4.69) is 23.8 Å². The molecule has 3 aromatic rings. The van der Waals surface area contributed by atoms with Crippen LogP contribution in [0.3, 0.4) is 0 Å². The van der Waals surface area contributed by atoms with Crippen LogP contribution in [-0.4, -0.2) is 4.57 Å². The third kappa shape index (κ3) is 2.83. The van der Waals surface area contributed by atoms with Gasteiger partial charge in [-0.2, -0.15) is 0 Å². The van der Waals surface area contributed by atoms with Crippen LogP contribution in [-0.2, 0) is 13.2 Å². The highest BCUT2D eigenvalue weighted by molar-refractivity contribution is 6.30. The molecule has 0 bridgehead atoms. The fourth-order valence-electron chi connectivity index (χ4n) is 2.48. The summed E-state index contributed by atoms with van der Waals surface area (Å²) in [5, 5.41) is 1.81. The Labute approximate surface area is 128 Å². The van der Waals surface area contributed by atoms with Crippen molar-refractivity contribution in [2.24, 2.45) is 0 Å². The van der Waals surface area contributed by atoms with Gasteiger partial charge in [0.05, 0.1) is 0 Å². The first kappa shape index (κ1) is 13.8. The van der Waals surface area contributed by atoms with E-state index in [1.165, 1.54) is 5.52 Å². The van der Waals surface area contributed by atoms with E-state index in [4.69, 9.17) is 22.1 Å². The van der Waals surface area contributed by atoms with E-state index in [0.29, 0.717) is 11.6 Å². The molecule has 0 saturated heterocycles. The molecule has 0 atom stereocenters. The number of hydrogen-bond donors (Lipinski definition) is 1. The topological polar surface area (TPSA) is 40.2 Å². The van der Waals surface area contributed by atoms with E-state index in [0.717, 1.165) is 28.9 Å². The fraction of sp³-hybridized carbons (Fsp3) is 0.176. The van der Waals surface area contributed by atoms with Gasteiger partial charge < -0.3 is 15.0 Å². The Morgan fingerprint density at radius 1 is 1.19 bits per heavy atom. The zero-order valence-corrected chi connectivity index (χ0v) is 12.6. The van der Waals surface area contributed by atoms with Crippen LogP contribution in [0.25, 0.3) is 10.9 Å². The SMILES string of the molecule is CCn1cc(COc2cccc(Cl)c2)c2cc(N)ccc21. The number of halogens is 1. The number of anilines is 1. The van der Waals surface area contributed by atoms with E-state index in [1.54, 1.807) is 0 Å². The number of hydrogen-bond acceptors (Lipinski definition) is 2. The molecular weight excluding hydrogens is 284 g/mol. The van der Waals surface area contributed by atoms with Gasteiger partial charge in [-0.1, -0.05) is 17.7 Å². The molecule has 0 saturated carbocycles.